The number of carbonyl (C=O) groups is 1. The van der Waals surface area contributed by atoms with Gasteiger partial charge in [0.15, 0.2) is 0 Å². The molecule has 0 aromatic carbocycles. The van der Waals surface area contributed by atoms with Crippen LogP contribution in [-0.4, -0.2) is 27.3 Å². The highest BCUT2D eigenvalue weighted by Gasteiger charge is 2.34. The summed E-state index contributed by atoms with van der Waals surface area (Å²) in [5.74, 6) is 1.14. The van der Waals surface area contributed by atoms with Crippen LogP contribution in [0.1, 0.15) is 58.0 Å². The van der Waals surface area contributed by atoms with E-state index in [-0.39, 0.29) is 11.3 Å². The van der Waals surface area contributed by atoms with E-state index in [2.05, 4.69) is 36.8 Å². The van der Waals surface area contributed by atoms with Crippen LogP contribution in [0.25, 0.3) is 0 Å². The number of H-pyrrole nitrogens is 1. The van der Waals surface area contributed by atoms with E-state index in [0.29, 0.717) is 13.0 Å². The van der Waals surface area contributed by atoms with Crippen molar-refractivity contribution in [2.75, 3.05) is 6.54 Å². The van der Waals surface area contributed by atoms with Gasteiger partial charge >= 0.3 is 0 Å². The normalized spacial score (nSPS) is 22.5. The third-order valence-electron chi connectivity index (χ3n) is 4.26. The van der Waals surface area contributed by atoms with E-state index >= 15 is 0 Å². The fourth-order valence-corrected chi connectivity index (χ4v) is 2.98. The van der Waals surface area contributed by atoms with Crippen molar-refractivity contribution in [1.82, 2.24) is 14.9 Å². The van der Waals surface area contributed by atoms with Crippen LogP contribution in [0, 0.1) is 12.3 Å². The zero-order valence-electron chi connectivity index (χ0n) is 13.7. The number of imidazole rings is 1. The lowest BCUT2D eigenvalue weighted by Crippen LogP contribution is -2.44. The van der Waals surface area contributed by atoms with E-state index in [1.165, 1.54) is 5.57 Å². The number of aromatic amines is 1. The minimum Gasteiger partial charge on any atom is -0.345 e. The van der Waals surface area contributed by atoms with Gasteiger partial charge in [-0.15, -0.1) is 0 Å². The summed E-state index contributed by atoms with van der Waals surface area (Å²) < 4.78 is 0. The predicted molar refractivity (Wildman–Crippen MR) is 84.7 cm³/mol. The third-order valence-corrected chi connectivity index (χ3v) is 4.26. The highest BCUT2D eigenvalue weighted by molar-refractivity contribution is 5.77. The Morgan fingerprint density at radius 2 is 2.29 bits per heavy atom. The number of hydrogen-bond acceptors (Lipinski definition) is 2. The van der Waals surface area contributed by atoms with Gasteiger partial charge in [0.2, 0.25) is 5.91 Å². The van der Waals surface area contributed by atoms with E-state index in [0.717, 1.165) is 37.3 Å². The SMILES string of the molecule is CC(C)=CCCC1(C)CCC(=O)N(Cc2ncc(C)[nH]2)C1. The Bertz CT molecular complexity index is 528. The molecule has 1 atom stereocenters. The van der Waals surface area contributed by atoms with Crippen LogP contribution in [0.4, 0.5) is 0 Å². The van der Waals surface area contributed by atoms with Crippen LogP contribution in [0.5, 0.6) is 0 Å². The number of piperidine rings is 1. The Labute approximate surface area is 127 Å². The molecule has 4 nitrogen and oxygen atoms in total. The average Bonchev–Trinajstić information content (AvgIpc) is 2.79. The second kappa shape index (κ2) is 6.46. The van der Waals surface area contributed by atoms with Crippen molar-refractivity contribution in [3.63, 3.8) is 0 Å². The number of aryl methyl sites for hydroxylation is 1. The molecule has 1 aromatic rings. The second-order valence-corrected chi connectivity index (χ2v) is 6.89. The fraction of sp³-hybridized carbons (Fsp3) is 0.647. The molecule has 1 unspecified atom stereocenters. The van der Waals surface area contributed by atoms with Gasteiger partial charge in [-0.3, -0.25) is 4.79 Å². The van der Waals surface area contributed by atoms with Gasteiger partial charge in [-0.25, -0.2) is 4.98 Å². The minimum atomic E-state index is 0.224. The van der Waals surface area contributed by atoms with Crippen LogP contribution in [0.3, 0.4) is 0 Å². The van der Waals surface area contributed by atoms with E-state index < -0.39 is 0 Å². The van der Waals surface area contributed by atoms with E-state index in [4.69, 9.17) is 0 Å². The van der Waals surface area contributed by atoms with Gasteiger partial charge in [0, 0.05) is 24.9 Å². The largest absolute Gasteiger partial charge is 0.345 e. The Morgan fingerprint density at radius 3 is 2.90 bits per heavy atom. The van der Waals surface area contributed by atoms with E-state index in [1.807, 2.05) is 18.0 Å². The second-order valence-electron chi connectivity index (χ2n) is 6.89. The lowest BCUT2D eigenvalue weighted by Gasteiger charge is -2.40. The molecule has 1 amide bonds. The maximum atomic E-state index is 12.1. The minimum absolute atomic E-state index is 0.224. The molecule has 0 aliphatic carbocycles. The van der Waals surface area contributed by atoms with Crippen LogP contribution in [-0.2, 0) is 11.3 Å². The number of amides is 1. The standard InChI is InChI=1S/C17H27N3O/c1-13(2)6-5-8-17(4)9-7-16(21)20(12-17)11-15-18-10-14(3)19-15/h6,10H,5,7-9,11-12H2,1-4H3,(H,18,19). The molecule has 1 fully saturated rings. The molecule has 2 heterocycles. The Balaban J connectivity index is 1.97. The first-order valence-corrected chi connectivity index (χ1v) is 7.80. The molecule has 4 heteroatoms. The van der Waals surface area contributed by atoms with Gasteiger partial charge < -0.3 is 9.88 Å². The molecular formula is C17H27N3O. The number of nitrogens with one attached hydrogen (secondary N) is 1. The van der Waals surface area contributed by atoms with Crippen molar-refractivity contribution in [2.45, 2.75) is 59.9 Å². The first-order valence-electron chi connectivity index (χ1n) is 7.80. The number of likely N-dealkylation sites (tertiary alicyclic amines) is 1. The van der Waals surface area contributed by atoms with Crippen molar-refractivity contribution in [1.29, 1.82) is 0 Å². The summed E-state index contributed by atoms with van der Waals surface area (Å²) >= 11 is 0. The zero-order chi connectivity index (χ0) is 15.5. The summed E-state index contributed by atoms with van der Waals surface area (Å²) in [6.07, 6.45) is 8.00. The third kappa shape index (κ3) is 4.45. The lowest BCUT2D eigenvalue weighted by atomic mass is 9.77. The van der Waals surface area contributed by atoms with Crippen molar-refractivity contribution >= 4 is 5.91 Å². The maximum Gasteiger partial charge on any atom is 0.223 e. The molecule has 0 bridgehead atoms. The Kier molecular flexibility index (Phi) is 4.86. The van der Waals surface area contributed by atoms with E-state index in [1.54, 1.807) is 0 Å². The topological polar surface area (TPSA) is 49.0 Å². The molecule has 116 valence electrons. The van der Waals surface area contributed by atoms with Crippen molar-refractivity contribution in [3.05, 3.63) is 29.4 Å². The number of allylic oxidation sites excluding steroid dienone is 2. The van der Waals surface area contributed by atoms with Crippen molar-refractivity contribution in [2.24, 2.45) is 5.41 Å². The lowest BCUT2D eigenvalue weighted by molar-refractivity contribution is -0.138. The van der Waals surface area contributed by atoms with E-state index in [9.17, 15) is 4.79 Å². The van der Waals surface area contributed by atoms with Gasteiger partial charge in [0.1, 0.15) is 5.82 Å². The quantitative estimate of drug-likeness (QED) is 0.842. The molecule has 1 aliphatic heterocycles. The molecule has 1 saturated heterocycles. The molecule has 0 saturated carbocycles. The summed E-state index contributed by atoms with van der Waals surface area (Å²) in [4.78, 5) is 21.6. The zero-order valence-corrected chi connectivity index (χ0v) is 13.7. The first kappa shape index (κ1) is 15.8. The molecule has 0 spiro atoms. The molecule has 1 aromatic heterocycles. The van der Waals surface area contributed by atoms with Crippen molar-refractivity contribution < 1.29 is 4.79 Å². The number of carbonyl (C=O) groups excluding carboxylic acids is 1. The van der Waals surface area contributed by atoms with Crippen LogP contribution in [0.2, 0.25) is 0 Å². The van der Waals surface area contributed by atoms with Gasteiger partial charge in [-0.2, -0.15) is 0 Å². The summed E-state index contributed by atoms with van der Waals surface area (Å²) in [7, 11) is 0. The molecule has 0 radical (unpaired) electrons. The molecule has 21 heavy (non-hydrogen) atoms. The summed E-state index contributed by atoms with van der Waals surface area (Å²) in [6, 6.07) is 0. The van der Waals surface area contributed by atoms with Gasteiger partial charge in [-0.05, 0) is 45.4 Å². The highest BCUT2D eigenvalue weighted by Crippen LogP contribution is 2.35. The van der Waals surface area contributed by atoms with Gasteiger partial charge in [-0.1, -0.05) is 18.6 Å². The number of hydrogen-bond donors (Lipinski definition) is 1. The van der Waals surface area contributed by atoms with Crippen molar-refractivity contribution in [3.8, 4) is 0 Å². The summed E-state index contributed by atoms with van der Waals surface area (Å²) in [5.41, 5.74) is 2.63. The molecule has 2 rings (SSSR count). The van der Waals surface area contributed by atoms with Gasteiger partial charge in [0.25, 0.3) is 0 Å². The van der Waals surface area contributed by atoms with Crippen LogP contribution in [0.15, 0.2) is 17.8 Å². The Morgan fingerprint density at radius 1 is 1.52 bits per heavy atom. The van der Waals surface area contributed by atoms with Crippen LogP contribution >= 0.6 is 0 Å². The number of rotatable bonds is 5. The fourth-order valence-electron chi connectivity index (χ4n) is 2.98. The average molecular weight is 289 g/mol. The maximum absolute atomic E-state index is 12.1. The summed E-state index contributed by atoms with van der Waals surface area (Å²) in [5, 5.41) is 0. The van der Waals surface area contributed by atoms with Crippen LogP contribution < -0.4 is 0 Å². The monoisotopic (exact) mass is 289 g/mol. The summed E-state index contributed by atoms with van der Waals surface area (Å²) in [6.45, 7) is 10.0. The number of aromatic nitrogens is 2. The predicted octanol–water partition coefficient (Wildman–Crippen LogP) is 3.59. The van der Waals surface area contributed by atoms with Gasteiger partial charge in [0.05, 0.1) is 6.54 Å². The molecule has 1 aliphatic rings. The Hall–Kier alpha value is -1.58. The molecular weight excluding hydrogens is 262 g/mol. The molecule has 1 N–H and O–H groups in total. The number of nitrogens with zero attached hydrogens (tertiary/aromatic N) is 2. The highest BCUT2D eigenvalue weighted by atomic mass is 16.2. The smallest absolute Gasteiger partial charge is 0.223 e. The first-order chi connectivity index (χ1) is 9.88.